The van der Waals surface area contributed by atoms with Crippen LogP contribution in [0.1, 0.15) is 6.42 Å². The standard InChI is InChI=1S/C18H22N4O3/c1-24-15-7-5-6-14(17(15)25-2)21-18(23)20-13-9-11-22(12-13)16-8-3-4-10-19-16/h3-8,10,13H,9,11-12H2,1-2H3,(H2,20,21,23). The first-order chi connectivity index (χ1) is 12.2. The van der Waals surface area contributed by atoms with Crippen molar-refractivity contribution in [3.05, 3.63) is 42.6 Å². The minimum Gasteiger partial charge on any atom is -0.493 e. The van der Waals surface area contributed by atoms with Crippen molar-refractivity contribution in [2.45, 2.75) is 12.5 Å². The van der Waals surface area contributed by atoms with Crippen LogP contribution in [0.5, 0.6) is 11.5 Å². The number of ether oxygens (including phenoxy) is 2. The van der Waals surface area contributed by atoms with E-state index in [4.69, 9.17) is 9.47 Å². The Kier molecular flexibility index (Phi) is 5.23. The van der Waals surface area contributed by atoms with E-state index >= 15 is 0 Å². The Morgan fingerprint density at radius 3 is 2.80 bits per heavy atom. The van der Waals surface area contributed by atoms with Crippen molar-refractivity contribution >= 4 is 17.5 Å². The number of urea groups is 1. The van der Waals surface area contributed by atoms with Crippen molar-refractivity contribution in [3.63, 3.8) is 0 Å². The predicted molar refractivity (Wildman–Crippen MR) is 96.6 cm³/mol. The lowest BCUT2D eigenvalue weighted by atomic mass is 10.2. The van der Waals surface area contributed by atoms with E-state index < -0.39 is 0 Å². The van der Waals surface area contributed by atoms with Gasteiger partial charge in [0.1, 0.15) is 5.82 Å². The molecule has 0 saturated carbocycles. The summed E-state index contributed by atoms with van der Waals surface area (Å²) >= 11 is 0. The van der Waals surface area contributed by atoms with E-state index in [9.17, 15) is 4.79 Å². The summed E-state index contributed by atoms with van der Waals surface area (Å²) in [5.41, 5.74) is 0.568. The fraction of sp³-hybridized carbons (Fsp3) is 0.333. The number of nitrogens with one attached hydrogen (secondary N) is 2. The Bertz CT molecular complexity index is 724. The number of anilines is 2. The van der Waals surface area contributed by atoms with Crippen LogP contribution in [-0.2, 0) is 0 Å². The molecule has 0 spiro atoms. The number of carbonyl (C=O) groups is 1. The van der Waals surface area contributed by atoms with Crippen molar-refractivity contribution in [2.24, 2.45) is 0 Å². The molecule has 1 unspecified atom stereocenters. The molecule has 2 heterocycles. The number of rotatable bonds is 5. The van der Waals surface area contributed by atoms with Crippen LogP contribution < -0.4 is 25.0 Å². The molecule has 2 aromatic rings. The number of nitrogens with zero attached hydrogens (tertiary/aromatic N) is 2. The lowest BCUT2D eigenvalue weighted by Crippen LogP contribution is -2.39. The number of benzene rings is 1. The van der Waals surface area contributed by atoms with Crippen LogP contribution in [0, 0.1) is 0 Å². The Hall–Kier alpha value is -2.96. The van der Waals surface area contributed by atoms with Gasteiger partial charge in [0.25, 0.3) is 0 Å². The first-order valence-corrected chi connectivity index (χ1v) is 8.15. The maximum Gasteiger partial charge on any atom is 0.319 e. The Balaban J connectivity index is 1.59. The molecule has 132 valence electrons. The molecule has 1 saturated heterocycles. The molecular formula is C18H22N4O3. The van der Waals surface area contributed by atoms with E-state index in [0.717, 1.165) is 25.3 Å². The van der Waals surface area contributed by atoms with Crippen LogP contribution >= 0.6 is 0 Å². The van der Waals surface area contributed by atoms with Crippen LogP contribution in [0.4, 0.5) is 16.3 Å². The maximum absolute atomic E-state index is 12.3. The summed E-state index contributed by atoms with van der Waals surface area (Å²) in [5, 5.41) is 5.83. The zero-order valence-electron chi connectivity index (χ0n) is 14.4. The molecule has 3 rings (SSSR count). The largest absolute Gasteiger partial charge is 0.493 e. The van der Waals surface area contributed by atoms with Gasteiger partial charge in [0.05, 0.1) is 19.9 Å². The van der Waals surface area contributed by atoms with E-state index in [2.05, 4.69) is 20.5 Å². The van der Waals surface area contributed by atoms with Crippen molar-refractivity contribution in [3.8, 4) is 11.5 Å². The SMILES string of the molecule is COc1cccc(NC(=O)NC2CCN(c3ccccn3)C2)c1OC. The van der Waals surface area contributed by atoms with Crippen LogP contribution in [0.3, 0.4) is 0 Å². The number of para-hydroxylation sites is 1. The summed E-state index contributed by atoms with van der Waals surface area (Å²) < 4.78 is 10.6. The first kappa shape index (κ1) is 16.9. The molecule has 2 amide bonds. The van der Waals surface area contributed by atoms with E-state index in [0.29, 0.717) is 17.2 Å². The van der Waals surface area contributed by atoms with E-state index in [1.807, 2.05) is 18.2 Å². The summed E-state index contributed by atoms with van der Waals surface area (Å²) in [6, 6.07) is 11.0. The Morgan fingerprint density at radius 1 is 1.20 bits per heavy atom. The van der Waals surface area contributed by atoms with Gasteiger partial charge in [0.15, 0.2) is 11.5 Å². The van der Waals surface area contributed by atoms with Gasteiger partial charge in [-0.2, -0.15) is 0 Å². The van der Waals surface area contributed by atoms with Crippen molar-refractivity contribution < 1.29 is 14.3 Å². The van der Waals surface area contributed by atoms with Crippen molar-refractivity contribution in [1.29, 1.82) is 0 Å². The summed E-state index contributed by atoms with van der Waals surface area (Å²) in [4.78, 5) is 18.8. The number of hydrogen-bond acceptors (Lipinski definition) is 5. The molecule has 1 atom stereocenters. The number of carbonyl (C=O) groups excluding carboxylic acids is 1. The van der Waals surface area contributed by atoms with Crippen molar-refractivity contribution in [2.75, 3.05) is 37.5 Å². The van der Waals surface area contributed by atoms with Gasteiger partial charge in [-0.25, -0.2) is 9.78 Å². The molecule has 0 bridgehead atoms. The molecule has 25 heavy (non-hydrogen) atoms. The van der Waals surface area contributed by atoms with Gasteiger partial charge in [-0.3, -0.25) is 0 Å². The third-order valence-corrected chi connectivity index (χ3v) is 4.15. The summed E-state index contributed by atoms with van der Waals surface area (Å²) in [6.45, 7) is 1.60. The molecule has 1 aliphatic rings. The number of aromatic nitrogens is 1. The third kappa shape index (κ3) is 3.93. The minimum absolute atomic E-state index is 0.0682. The van der Waals surface area contributed by atoms with Gasteiger partial charge >= 0.3 is 6.03 Å². The molecule has 7 heteroatoms. The summed E-state index contributed by atoms with van der Waals surface area (Å²) in [7, 11) is 3.11. The highest BCUT2D eigenvalue weighted by Gasteiger charge is 2.25. The van der Waals surface area contributed by atoms with Crippen LogP contribution in [0.2, 0.25) is 0 Å². The minimum atomic E-state index is -0.264. The highest BCUT2D eigenvalue weighted by Crippen LogP contribution is 2.34. The van der Waals surface area contributed by atoms with Crippen LogP contribution in [-0.4, -0.2) is 44.4 Å². The van der Waals surface area contributed by atoms with Gasteiger partial charge < -0.3 is 25.0 Å². The van der Waals surface area contributed by atoms with Gasteiger partial charge in [0, 0.05) is 25.3 Å². The zero-order valence-corrected chi connectivity index (χ0v) is 14.4. The molecule has 1 aromatic heterocycles. The van der Waals surface area contributed by atoms with E-state index in [-0.39, 0.29) is 12.1 Å². The topological polar surface area (TPSA) is 75.7 Å². The molecule has 2 N–H and O–H groups in total. The summed E-state index contributed by atoms with van der Waals surface area (Å²) in [5.74, 6) is 2.01. The molecule has 1 aliphatic heterocycles. The van der Waals surface area contributed by atoms with Gasteiger partial charge in [-0.1, -0.05) is 12.1 Å². The second-order valence-electron chi connectivity index (χ2n) is 5.76. The highest BCUT2D eigenvalue weighted by molar-refractivity contribution is 5.91. The average molecular weight is 342 g/mol. The smallest absolute Gasteiger partial charge is 0.319 e. The van der Waals surface area contributed by atoms with E-state index in [1.165, 1.54) is 0 Å². The average Bonchev–Trinajstić information content (AvgIpc) is 3.10. The van der Waals surface area contributed by atoms with E-state index in [1.54, 1.807) is 38.6 Å². The molecule has 1 fully saturated rings. The number of pyridine rings is 1. The van der Waals surface area contributed by atoms with Gasteiger partial charge in [0.2, 0.25) is 0 Å². The lowest BCUT2D eigenvalue weighted by molar-refractivity contribution is 0.249. The zero-order chi connectivity index (χ0) is 17.6. The van der Waals surface area contributed by atoms with Crippen LogP contribution in [0.15, 0.2) is 42.6 Å². The molecule has 1 aromatic carbocycles. The fourth-order valence-electron chi connectivity index (χ4n) is 2.96. The third-order valence-electron chi connectivity index (χ3n) is 4.15. The first-order valence-electron chi connectivity index (χ1n) is 8.15. The lowest BCUT2D eigenvalue weighted by Gasteiger charge is -2.18. The number of hydrogen-bond donors (Lipinski definition) is 2. The molecule has 0 aliphatic carbocycles. The Morgan fingerprint density at radius 2 is 2.08 bits per heavy atom. The van der Waals surface area contributed by atoms with Crippen molar-refractivity contribution in [1.82, 2.24) is 10.3 Å². The number of amides is 2. The molecule has 0 radical (unpaired) electrons. The quantitative estimate of drug-likeness (QED) is 0.873. The summed E-state index contributed by atoms with van der Waals surface area (Å²) in [6.07, 6.45) is 2.65. The van der Waals surface area contributed by atoms with Gasteiger partial charge in [-0.15, -0.1) is 0 Å². The monoisotopic (exact) mass is 342 g/mol. The maximum atomic E-state index is 12.3. The van der Waals surface area contributed by atoms with Crippen LogP contribution in [0.25, 0.3) is 0 Å². The number of methoxy groups -OCH3 is 2. The highest BCUT2D eigenvalue weighted by atomic mass is 16.5. The Labute approximate surface area is 147 Å². The second-order valence-corrected chi connectivity index (χ2v) is 5.76. The normalized spacial score (nSPS) is 16.4. The fourth-order valence-corrected chi connectivity index (χ4v) is 2.96. The molecule has 7 nitrogen and oxygen atoms in total. The molecular weight excluding hydrogens is 320 g/mol. The van der Waals surface area contributed by atoms with Gasteiger partial charge in [-0.05, 0) is 30.7 Å². The predicted octanol–water partition coefficient (Wildman–Crippen LogP) is 2.50. The second kappa shape index (κ2) is 7.74.